The molecule has 2 heterocycles. The zero-order valence-electron chi connectivity index (χ0n) is 11.1. The minimum Gasteiger partial charge on any atom is -0.378 e. The van der Waals surface area contributed by atoms with Crippen LogP contribution in [-0.4, -0.2) is 33.9 Å². The van der Waals surface area contributed by atoms with Crippen LogP contribution in [0.3, 0.4) is 0 Å². The van der Waals surface area contributed by atoms with E-state index in [2.05, 4.69) is 15.3 Å². The first kappa shape index (κ1) is 13.8. The molecule has 3 aromatic rings. The van der Waals surface area contributed by atoms with Gasteiger partial charge in [-0.15, -0.1) is 10.2 Å². The highest BCUT2D eigenvalue weighted by molar-refractivity contribution is 7.19. The van der Waals surface area contributed by atoms with Gasteiger partial charge in [0.05, 0.1) is 0 Å². The molecule has 0 amide bonds. The van der Waals surface area contributed by atoms with E-state index in [0.717, 1.165) is 27.1 Å². The van der Waals surface area contributed by atoms with Gasteiger partial charge in [0.2, 0.25) is 4.96 Å². The Morgan fingerprint density at radius 3 is 2.33 bits per heavy atom. The lowest BCUT2D eigenvalue weighted by molar-refractivity contribution is -0.146. The minimum absolute atomic E-state index is 0.119. The lowest BCUT2D eigenvalue weighted by Crippen LogP contribution is -2.11. The Balaban J connectivity index is 2.03. The third-order valence-electron chi connectivity index (χ3n) is 2.88. The van der Waals surface area contributed by atoms with Gasteiger partial charge in [-0.25, -0.2) is 0 Å². The van der Waals surface area contributed by atoms with Crippen LogP contribution in [0, 0.1) is 0 Å². The molecule has 0 fully saturated rings. The van der Waals surface area contributed by atoms with Crippen molar-refractivity contribution in [3.05, 3.63) is 30.1 Å². The molecular weight excluding hydrogens is 303 g/mol. The molecule has 1 aromatic carbocycles. The van der Waals surface area contributed by atoms with Gasteiger partial charge in [-0.3, -0.25) is 0 Å². The summed E-state index contributed by atoms with van der Waals surface area (Å²) in [7, 11) is 3.82. The summed E-state index contributed by atoms with van der Waals surface area (Å²) >= 11 is 1.07. The number of halogens is 3. The summed E-state index contributed by atoms with van der Waals surface area (Å²) in [5, 5.41) is 11.1. The maximum absolute atomic E-state index is 12.7. The van der Waals surface area contributed by atoms with Crippen molar-refractivity contribution in [2.45, 2.75) is 6.18 Å². The molecule has 0 radical (unpaired) electrons. The molecule has 21 heavy (non-hydrogen) atoms. The molecule has 110 valence electrons. The Kier molecular flexibility index (Phi) is 3.08. The molecule has 0 aliphatic heterocycles. The van der Waals surface area contributed by atoms with Crippen molar-refractivity contribution >= 4 is 22.0 Å². The molecule has 0 N–H and O–H groups in total. The smallest absolute Gasteiger partial charge is 0.378 e. The zero-order valence-corrected chi connectivity index (χ0v) is 11.9. The van der Waals surface area contributed by atoms with Gasteiger partial charge >= 0.3 is 6.18 Å². The van der Waals surface area contributed by atoms with Gasteiger partial charge in [-0.05, 0) is 24.3 Å². The molecule has 3 rings (SSSR count). The molecule has 0 aliphatic carbocycles. The summed E-state index contributed by atoms with van der Waals surface area (Å²) < 4.78 is 39.0. The quantitative estimate of drug-likeness (QED) is 0.730. The summed E-state index contributed by atoms with van der Waals surface area (Å²) in [4.78, 5) is 2.05. The van der Waals surface area contributed by atoms with Gasteiger partial charge in [-0.2, -0.15) is 22.8 Å². The summed E-state index contributed by atoms with van der Waals surface area (Å²) in [6.07, 6.45) is -4.57. The van der Waals surface area contributed by atoms with E-state index in [0.29, 0.717) is 5.01 Å². The number of alkyl halides is 3. The van der Waals surface area contributed by atoms with Crippen molar-refractivity contribution in [1.29, 1.82) is 0 Å². The third-order valence-corrected chi connectivity index (χ3v) is 3.82. The number of hydrogen-bond donors (Lipinski definition) is 0. The van der Waals surface area contributed by atoms with Crippen LogP contribution < -0.4 is 4.90 Å². The Morgan fingerprint density at radius 2 is 1.76 bits per heavy atom. The Hall–Kier alpha value is -2.16. The minimum atomic E-state index is -4.57. The van der Waals surface area contributed by atoms with E-state index in [4.69, 9.17) is 0 Å². The molecule has 0 saturated heterocycles. The standard InChI is InChI=1S/C12H10F3N5S/c1-19(2)8-5-3-7(4-6-8)9-18-20-10(12(13,14)15)16-17-11(20)21-9/h3-6H,1-2H3. The fraction of sp³-hybridized carbons (Fsp3) is 0.250. The highest BCUT2D eigenvalue weighted by Gasteiger charge is 2.38. The lowest BCUT2D eigenvalue weighted by Gasteiger charge is -2.11. The molecule has 0 aliphatic rings. The highest BCUT2D eigenvalue weighted by Crippen LogP contribution is 2.32. The van der Waals surface area contributed by atoms with E-state index in [1.54, 1.807) is 0 Å². The number of hydrogen-bond acceptors (Lipinski definition) is 5. The second-order valence-corrected chi connectivity index (χ2v) is 5.52. The van der Waals surface area contributed by atoms with Crippen LogP contribution in [0.1, 0.15) is 5.82 Å². The van der Waals surface area contributed by atoms with E-state index in [1.807, 2.05) is 43.3 Å². The van der Waals surface area contributed by atoms with E-state index in [1.165, 1.54) is 0 Å². The van der Waals surface area contributed by atoms with Crippen LogP contribution in [0.2, 0.25) is 0 Å². The van der Waals surface area contributed by atoms with Crippen molar-refractivity contribution in [2.75, 3.05) is 19.0 Å². The van der Waals surface area contributed by atoms with Crippen LogP contribution in [0.15, 0.2) is 24.3 Å². The SMILES string of the molecule is CN(C)c1ccc(-c2nn3c(C(F)(F)F)nnc3s2)cc1. The lowest BCUT2D eigenvalue weighted by atomic mass is 10.2. The van der Waals surface area contributed by atoms with Crippen LogP contribution in [-0.2, 0) is 6.18 Å². The van der Waals surface area contributed by atoms with Crippen LogP contribution >= 0.6 is 11.3 Å². The summed E-state index contributed by atoms with van der Waals surface area (Å²) in [6.45, 7) is 0. The maximum atomic E-state index is 12.7. The molecule has 0 atom stereocenters. The summed E-state index contributed by atoms with van der Waals surface area (Å²) in [6, 6.07) is 7.38. The monoisotopic (exact) mass is 313 g/mol. The number of benzene rings is 1. The van der Waals surface area contributed by atoms with Crippen LogP contribution in [0.25, 0.3) is 15.5 Å². The second kappa shape index (κ2) is 4.69. The van der Waals surface area contributed by atoms with E-state index in [9.17, 15) is 13.2 Å². The molecule has 0 saturated carbocycles. The third kappa shape index (κ3) is 2.44. The average Bonchev–Trinajstić information content (AvgIpc) is 2.96. The molecule has 0 spiro atoms. The average molecular weight is 313 g/mol. The zero-order chi connectivity index (χ0) is 15.2. The van der Waals surface area contributed by atoms with Gasteiger partial charge in [-0.1, -0.05) is 11.3 Å². The van der Waals surface area contributed by atoms with Crippen molar-refractivity contribution in [3.8, 4) is 10.6 Å². The predicted octanol–water partition coefficient (Wildman–Crippen LogP) is 2.94. The Labute approximate surface area is 121 Å². The molecule has 5 nitrogen and oxygen atoms in total. The first-order valence-electron chi connectivity index (χ1n) is 5.93. The first-order valence-corrected chi connectivity index (χ1v) is 6.75. The van der Waals surface area contributed by atoms with Gasteiger partial charge in [0, 0.05) is 25.3 Å². The van der Waals surface area contributed by atoms with Gasteiger partial charge in [0.15, 0.2) is 0 Å². The van der Waals surface area contributed by atoms with Crippen molar-refractivity contribution < 1.29 is 13.2 Å². The Morgan fingerprint density at radius 1 is 1.10 bits per heavy atom. The van der Waals surface area contributed by atoms with Gasteiger partial charge in [0.1, 0.15) is 5.01 Å². The van der Waals surface area contributed by atoms with Crippen LogP contribution in [0.5, 0.6) is 0 Å². The van der Waals surface area contributed by atoms with E-state index in [-0.39, 0.29) is 4.96 Å². The summed E-state index contributed by atoms with van der Waals surface area (Å²) in [5.74, 6) is -1.11. The number of nitrogens with zero attached hydrogens (tertiary/aromatic N) is 5. The van der Waals surface area contributed by atoms with Gasteiger partial charge in [0.25, 0.3) is 5.82 Å². The topological polar surface area (TPSA) is 46.3 Å². The number of fused-ring (bicyclic) bond motifs is 1. The van der Waals surface area contributed by atoms with Crippen LogP contribution in [0.4, 0.5) is 18.9 Å². The fourth-order valence-corrected chi connectivity index (χ4v) is 2.66. The van der Waals surface area contributed by atoms with Crippen molar-refractivity contribution in [1.82, 2.24) is 19.8 Å². The number of rotatable bonds is 2. The molecular formula is C12H10F3N5S. The molecule has 0 unspecified atom stereocenters. The molecule has 2 aromatic heterocycles. The van der Waals surface area contributed by atoms with Crippen molar-refractivity contribution in [3.63, 3.8) is 0 Å². The number of anilines is 1. The normalized spacial score (nSPS) is 12.0. The largest absolute Gasteiger partial charge is 0.453 e. The maximum Gasteiger partial charge on any atom is 0.453 e. The van der Waals surface area contributed by atoms with E-state index >= 15 is 0 Å². The Bertz CT molecular complexity index is 772. The molecule has 0 bridgehead atoms. The van der Waals surface area contributed by atoms with Gasteiger partial charge < -0.3 is 4.90 Å². The van der Waals surface area contributed by atoms with E-state index < -0.39 is 12.0 Å². The van der Waals surface area contributed by atoms with Crippen molar-refractivity contribution in [2.24, 2.45) is 0 Å². The molecule has 9 heteroatoms. The summed E-state index contributed by atoms with van der Waals surface area (Å²) in [5.41, 5.74) is 1.74. The highest BCUT2D eigenvalue weighted by atomic mass is 32.1. The number of aromatic nitrogens is 4. The fourth-order valence-electron chi connectivity index (χ4n) is 1.81. The predicted molar refractivity (Wildman–Crippen MR) is 73.4 cm³/mol. The second-order valence-electron chi connectivity index (χ2n) is 4.56. The first-order chi connectivity index (χ1) is 9.86.